The third-order valence-electron chi connectivity index (χ3n) is 5.53. The molecule has 194 valence electrons. The normalized spacial score (nSPS) is 10.8. The molecule has 0 aromatic heterocycles. The number of carbonyl (C=O) groups is 3. The molecule has 0 fully saturated rings. The average Bonchev–Trinajstić information content (AvgIpc) is 2.88. The molecule has 2 aromatic rings. The summed E-state index contributed by atoms with van der Waals surface area (Å²) in [4.78, 5) is 36.0. The van der Waals surface area contributed by atoms with Gasteiger partial charge in [0.05, 0.1) is 18.3 Å². The Balaban J connectivity index is 1.58. The van der Waals surface area contributed by atoms with Gasteiger partial charge in [-0.15, -0.1) is 0 Å². The number of amides is 2. The smallest absolute Gasteiger partial charge is 0.343 e. The standard InChI is InChI=1S/C28H36BrN3O4/c1-2-3-4-5-6-7-8-9-10-11-26(33)30-21-27(34)32-31-20-22-12-18-25(19-13-22)36-28(35)23-14-16-24(29)17-15-23/h12-20H,2-11,21H2,1H3,(H,30,33)(H,32,34)/b31-20+. The Labute approximate surface area is 222 Å². The number of halogens is 1. The van der Waals surface area contributed by atoms with E-state index in [1.165, 1.54) is 44.7 Å². The number of esters is 1. The largest absolute Gasteiger partial charge is 0.423 e. The summed E-state index contributed by atoms with van der Waals surface area (Å²) in [5.41, 5.74) is 3.56. The van der Waals surface area contributed by atoms with Crippen LogP contribution in [0.25, 0.3) is 0 Å². The lowest BCUT2D eigenvalue weighted by atomic mass is 10.1. The minimum Gasteiger partial charge on any atom is -0.423 e. The van der Waals surface area contributed by atoms with Gasteiger partial charge in [0.15, 0.2) is 0 Å². The van der Waals surface area contributed by atoms with Gasteiger partial charge in [-0.2, -0.15) is 5.10 Å². The van der Waals surface area contributed by atoms with Gasteiger partial charge in [-0.05, 0) is 60.5 Å². The number of rotatable bonds is 16. The Hall–Kier alpha value is -3.00. The maximum Gasteiger partial charge on any atom is 0.343 e. The first-order chi connectivity index (χ1) is 17.5. The van der Waals surface area contributed by atoms with Gasteiger partial charge >= 0.3 is 5.97 Å². The molecule has 0 aliphatic heterocycles. The second kappa shape index (κ2) is 17.4. The zero-order valence-electron chi connectivity index (χ0n) is 20.9. The first kappa shape index (κ1) is 29.2. The number of hydrogen-bond donors (Lipinski definition) is 2. The fourth-order valence-corrected chi connectivity index (χ4v) is 3.72. The van der Waals surface area contributed by atoms with Crippen LogP contribution in [0.15, 0.2) is 58.1 Å². The lowest BCUT2D eigenvalue weighted by Crippen LogP contribution is -2.34. The Kier molecular flexibility index (Phi) is 14.2. The van der Waals surface area contributed by atoms with Crippen molar-refractivity contribution in [2.45, 2.75) is 71.1 Å². The molecular formula is C28H36BrN3O4. The van der Waals surface area contributed by atoms with E-state index in [0.29, 0.717) is 23.3 Å². The van der Waals surface area contributed by atoms with E-state index in [0.717, 1.165) is 23.7 Å². The van der Waals surface area contributed by atoms with E-state index in [9.17, 15) is 14.4 Å². The first-order valence-electron chi connectivity index (χ1n) is 12.6. The summed E-state index contributed by atoms with van der Waals surface area (Å²) < 4.78 is 6.23. The van der Waals surface area contributed by atoms with Gasteiger partial charge in [0.2, 0.25) is 5.91 Å². The summed E-state index contributed by atoms with van der Waals surface area (Å²) in [5, 5.41) is 6.52. The quantitative estimate of drug-likeness (QED) is 0.0849. The maximum absolute atomic E-state index is 12.2. The molecule has 2 rings (SSSR count). The number of benzene rings is 2. The molecule has 2 aromatic carbocycles. The summed E-state index contributed by atoms with van der Waals surface area (Å²) in [6.45, 7) is 2.11. The molecule has 36 heavy (non-hydrogen) atoms. The van der Waals surface area contributed by atoms with E-state index in [1.807, 2.05) is 0 Å². The zero-order valence-corrected chi connectivity index (χ0v) is 22.5. The van der Waals surface area contributed by atoms with Crippen LogP contribution < -0.4 is 15.5 Å². The second-order valence-electron chi connectivity index (χ2n) is 8.61. The highest BCUT2D eigenvalue weighted by Crippen LogP contribution is 2.16. The monoisotopic (exact) mass is 557 g/mol. The van der Waals surface area contributed by atoms with Crippen molar-refractivity contribution < 1.29 is 19.1 Å². The van der Waals surface area contributed by atoms with E-state index in [2.05, 4.69) is 38.7 Å². The predicted octanol–water partition coefficient (Wildman–Crippen LogP) is 6.16. The van der Waals surface area contributed by atoms with Crippen molar-refractivity contribution in [3.05, 3.63) is 64.1 Å². The third-order valence-corrected chi connectivity index (χ3v) is 6.06. The Morgan fingerprint density at radius 3 is 2.08 bits per heavy atom. The van der Waals surface area contributed by atoms with Crippen molar-refractivity contribution in [2.75, 3.05) is 6.54 Å². The minimum absolute atomic E-state index is 0.113. The third kappa shape index (κ3) is 12.6. The molecule has 2 amide bonds. The highest BCUT2D eigenvalue weighted by atomic mass is 79.9. The van der Waals surface area contributed by atoms with Gasteiger partial charge < -0.3 is 10.1 Å². The summed E-state index contributed by atoms with van der Waals surface area (Å²) >= 11 is 3.33. The van der Waals surface area contributed by atoms with Crippen LogP contribution in [0, 0.1) is 0 Å². The van der Waals surface area contributed by atoms with Crippen LogP contribution in [-0.2, 0) is 9.59 Å². The fraction of sp³-hybridized carbons (Fsp3) is 0.429. The van der Waals surface area contributed by atoms with Crippen molar-refractivity contribution >= 4 is 39.9 Å². The molecule has 0 radical (unpaired) electrons. The van der Waals surface area contributed by atoms with Crippen molar-refractivity contribution in [1.29, 1.82) is 0 Å². The topological polar surface area (TPSA) is 96.9 Å². The van der Waals surface area contributed by atoms with Crippen LogP contribution in [0.5, 0.6) is 5.75 Å². The number of hydrazone groups is 1. The van der Waals surface area contributed by atoms with E-state index >= 15 is 0 Å². The van der Waals surface area contributed by atoms with E-state index in [4.69, 9.17) is 4.74 Å². The summed E-state index contributed by atoms with van der Waals surface area (Å²) in [6, 6.07) is 13.6. The molecular weight excluding hydrogens is 522 g/mol. The van der Waals surface area contributed by atoms with Gasteiger partial charge in [0.1, 0.15) is 5.75 Å². The van der Waals surface area contributed by atoms with E-state index < -0.39 is 11.9 Å². The predicted molar refractivity (Wildman–Crippen MR) is 146 cm³/mol. The molecule has 0 spiro atoms. The van der Waals surface area contributed by atoms with Crippen LogP contribution in [0.2, 0.25) is 0 Å². The minimum atomic E-state index is -0.448. The second-order valence-corrected chi connectivity index (χ2v) is 9.53. The Bertz CT molecular complexity index is 975. The van der Waals surface area contributed by atoms with E-state index in [-0.39, 0.29) is 12.5 Å². The van der Waals surface area contributed by atoms with Gasteiger partial charge in [-0.3, -0.25) is 9.59 Å². The Morgan fingerprint density at radius 2 is 1.44 bits per heavy atom. The zero-order chi connectivity index (χ0) is 26.0. The van der Waals surface area contributed by atoms with Crippen LogP contribution >= 0.6 is 15.9 Å². The molecule has 0 heterocycles. The number of ether oxygens (including phenoxy) is 1. The van der Waals surface area contributed by atoms with Crippen LogP contribution in [0.1, 0.15) is 87.1 Å². The van der Waals surface area contributed by atoms with Gasteiger partial charge in [-0.25, -0.2) is 10.2 Å². The summed E-state index contributed by atoms with van der Waals surface area (Å²) in [6.07, 6.45) is 12.7. The van der Waals surface area contributed by atoms with Gasteiger partial charge in [0.25, 0.3) is 5.91 Å². The lowest BCUT2D eigenvalue weighted by Gasteiger charge is -2.05. The molecule has 0 bridgehead atoms. The SMILES string of the molecule is CCCCCCCCCCCC(=O)NCC(=O)N/N=C/c1ccc(OC(=O)c2ccc(Br)cc2)cc1. The molecule has 0 aliphatic carbocycles. The molecule has 0 saturated heterocycles. The number of carbonyl (C=O) groups excluding carboxylic acids is 3. The summed E-state index contributed by atoms with van der Waals surface area (Å²) in [5.74, 6) is -0.563. The molecule has 8 heteroatoms. The fourth-order valence-electron chi connectivity index (χ4n) is 3.46. The van der Waals surface area contributed by atoms with Crippen molar-refractivity contribution in [2.24, 2.45) is 5.10 Å². The molecule has 0 saturated carbocycles. The molecule has 2 N–H and O–H groups in total. The molecule has 0 atom stereocenters. The average molecular weight is 559 g/mol. The maximum atomic E-state index is 12.2. The number of nitrogens with one attached hydrogen (secondary N) is 2. The van der Waals surface area contributed by atoms with Crippen LogP contribution in [0.3, 0.4) is 0 Å². The van der Waals surface area contributed by atoms with Crippen LogP contribution in [0.4, 0.5) is 0 Å². The van der Waals surface area contributed by atoms with Gasteiger partial charge in [0, 0.05) is 10.9 Å². The van der Waals surface area contributed by atoms with Crippen molar-refractivity contribution in [1.82, 2.24) is 10.7 Å². The highest BCUT2D eigenvalue weighted by Gasteiger charge is 2.08. The van der Waals surface area contributed by atoms with E-state index in [1.54, 1.807) is 48.5 Å². The van der Waals surface area contributed by atoms with Gasteiger partial charge in [-0.1, -0.05) is 74.2 Å². The first-order valence-corrected chi connectivity index (χ1v) is 13.4. The van der Waals surface area contributed by atoms with Crippen molar-refractivity contribution in [3.8, 4) is 5.75 Å². The number of nitrogens with zero attached hydrogens (tertiary/aromatic N) is 1. The summed E-state index contributed by atoms with van der Waals surface area (Å²) in [7, 11) is 0. The molecule has 7 nitrogen and oxygen atoms in total. The highest BCUT2D eigenvalue weighted by molar-refractivity contribution is 9.10. The molecule has 0 unspecified atom stereocenters. The molecule has 0 aliphatic rings. The van der Waals surface area contributed by atoms with Crippen molar-refractivity contribution in [3.63, 3.8) is 0 Å². The number of unbranched alkanes of at least 4 members (excludes halogenated alkanes) is 8. The Morgan fingerprint density at radius 1 is 0.833 bits per heavy atom. The van der Waals surface area contributed by atoms with Crippen LogP contribution in [-0.4, -0.2) is 30.5 Å². The number of hydrogen-bond acceptors (Lipinski definition) is 5. The lowest BCUT2D eigenvalue weighted by molar-refractivity contribution is -0.126.